The minimum Gasteiger partial charge on any atom is -0.276 e. The van der Waals surface area contributed by atoms with Crippen LogP contribution in [-0.2, 0) is 9.84 Å². The lowest BCUT2D eigenvalue weighted by Crippen LogP contribution is -1.97. The van der Waals surface area contributed by atoms with E-state index in [0.29, 0.717) is 5.69 Å². The van der Waals surface area contributed by atoms with E-state index in [2.05, 4.69) is 10.2 Å². The van der Waals surface area contributed by atoms with Crippen molar-refractivity contribution >= 4 is 9.84 Å². The molecule has 78 valence electrons. The molecule has 0 atom stereocenters. The van der Waals surface area contributed by atoms with Gasteiger partial charge in [0, 0.05) is 11.8 Å². The first kappa shape index (κ1) is 9.92. The number of nitrogens with one attached hydrogen (secondary N) is 1. The van der Waals surface area contributed by atoms with Crippen molar-refractivity contribution in [3.8, 4) is 11.3 Å². The van der Waals surface area contributed by atoms with E-state index in [0.717, 1.165) is 5.56 Å². The van der Waals surface area contributed by atoms with Gasteiger partial charge in [0.05, 0.1) is 11.9 Å². The van der Waals surface area contributed by atoms with E-state index in [1.54, 1.807) is 0 Å². The summed E-state index contributed by atoms with van der Waals surface area (Å²) in [4.78, 5) is 0.230. The van der Waals surface area contributed by atoms with E-state index in [1.807, 2.05) is 30.3 Å². The van der Waals surface area contributed by atoms with Crippen molar-refractivity contribution in [2.75, 3.05) is 6.26 Å². The fourth-order valence-electron chi connectivity index (χ4n) is 1.37. The molecule has 1 N–H and O–H groups in total. The van der Waals surface area contributed by atoms with Gasteiger partial charge < -0.3 is 0 Å². The average molecular weight is 222 g/mol. The van der Waals surface area contributed by atoms with Crippen LogP contribution in [0.1, 0.15) is 0 Å². The number of hydrogen-bond acceptors (Lipinski definition) is 3. The largest absolute Gasteiger partial charge is 0.276 e. The minimum atomic E-state index is -3.23. The Morgan fingerprint density at radius 1 is 1.20 bits per heavy atom. The zero-order valence-corrected chi connectivity index (χ0v) is 8.95. The molecular formula is C10H10N2O2S. The number of aromatic nitrogens is 2. The molecule has 1 aromatic heterocycles. The first-order valence-electron chi connectivity index (χ1n) is 4.38. The number of hydrogen-bond donors (Lipinski definition) is 1. The summed E-state index contributed by atoms with van der Waals surface area (Å²) < 4.78 is 22.9. The van der Waals surface area contributed by atoms with Crippen LogP contribution in [0.3, 0.4) is 0 Å². The summed E-state index contributed by atoms with van der Waals surface area (Å²) in [5, 5.41) is 6.46. The standard InChI is InChI=1S/C10H10N2O2S/c1-15(13,14)9-7-11-12-10(9)8-5-3-2-4-6-8/h2-7H,1H3,(H,11,12). The molecular weight excluding hydrogens is 212 g/mol. The van der Waals surface area contributed by atoms with E-state index in [1.165, 1.54) is 12.5 Å². The smallest absolute Gasteiger partial charge is 0.179 e. The third-order valence-electron chi connectivity index (χ3n) is 2.07. The summed E-state index contributed by atoms with van der Waals surface area (Å²) >= 11 is 0. The normalized spacial score (nSPS) is 11.5. The second-order valence-electron chi connectivity index (χ2n) is 3.25. The summed E-state index contributed by atoms with van der Waals surface area (Å²) in [6, 6.07) is 9.24. The van der Waals surface area contributed by atoms with Crippen LogP contribution in [0.25, 0.3) is 11.3 Å². The van der Waals surface area contributed by atoms with Crippen molar-refractivity contribution in [1.29, 1.82) is 0 Å². The van der Waals surface area contributed by atoms with E-state index < -0.39 is 9.84 Å². The van der Waals surface area contributed by atoms with Crippen LogP contribution < -0.4 is 0 Å². The van der Waals surface area contributed by atoms with Gasteiger partial charge in [-0.25, -0.2) is 8.42 Å². The Hall–Kier alpha value is -1.62. The molecule has 0 unspecified atom stereocenters. The van der Waals surface area contributed by atoms with Gasteiger partial charge in [-0.05, 0) is 0 Å². The molecule has 0 saturated carbocycles. The molecule has 15 heavy (non-hydrogen) atoms. The SMILES string of the molecule is CS(=O)(=O)c1cn[nH]c1-c1ccccc1. The summed E-state index contributed by atoms with van der Waals surface area (Å²) in [7, 11) is -3.23. The van der Waals surface area contributed by atoms with Gasteiger partial charge in [0.25, 0.3) is 0 Å². The summed E-state index contributed by atoms with van der Waals surface area (Å²) in [6.07, 6.45) is 2.50. The molecule has 2 rings (SSSR count). The number of aromatic amines is 1. The molecule has 1 aromatic carbocycles. The van der Waals surface area contributed by atoms with Crippen molar-refractivity contribution in [2.45, 2.75) is 4.90 Å². The van der Waals surface area contributed by atoms with Crippen molar-refractivity contribution in [2.24, 2.45) is 0 Å². The third-order valence-corrected chi connectivity index (χ3v) is 3.17. The maximum Gasteiger partial charge on any atom is 0.179 e. The topological polar surface area (TPSA) is 62.8 Å². The maximum absolute atomic E-state index is 11.4. The first-order valence-corrected chi connectivity index (χ1v) is 6.27. The van der Waals surface area contributed by atoms with Crippen molar-refractivity contribution < 1.29 is 8.42 Å². The number of rotatable bonds is 2. The monoisotopic (exact) mass is 222 g/mol. The first-order chi connectivity index (χ1) is 7.09. The van der Waals surface area contributed by atoms with Crippen LogP contribution in [0.4, 0.5) is 0 Å². The molecule has 0 amide bonds. The molecule has 0 aliphatic carbocycles. The van der Waals surface area contributed by atoms with E-state index in [-0.39, 0.29) is 4.90 Å². The van der Waals surface area contributed by atoms with Crippen molar-refractivity contribution in [1.82, 2.24) is 10.2 Å². The lowest BCUT2D eigenvalue weighted by molar-refractivity contribution is 0.602. The van der Waals surface area contributed by atoms with Gasteiger partial charge in [0.15, 0.2) is 9.84 Å². The van der Waals surface area contributed by atoms with Crippen molar-refractivity contribution in [3.05, 3.63) is 36.5 Å². The second-order valence-corrected chi connectivity index (χ2v) is 5.23. The Morgan fingerprint density at radius 2 is 1.87 bits per heavy atom. The highest BCUT2D eigenvalue weighted by molar-refractivity contribution is 7.90. The molecule has 0 spiro atoms. The molecule has 0 radical (unpaired) electrons. The van der Waals surface area contributed by atoms with Crippen LogP contribution in [0.15, 0.2) is 41.4 Å². The van der Waals surface area contributed by atoms with E-state index in [9.17, 15) is 8.42 Å². The number of sulfone groups is 1. The molecule has 0 fully saturated rings. The summed E-state index contributed by atoms with van der Waals surface area (Å²) in [6.45, 7) is 0. The fraction of sp³-hybridized carbons (Fsp3) is 0.100. The predicted molar refractivity (Wildman–Crippen MR) is 57.1 cm³/mol. The zero-order valence-electron chi connectivity index (χ0n) is 8.14. The lowest BCUT2D eigenvalue weighted by atomic mass is 10.2. The van der Waals surface area contributed by atoms with Gasteiger partial charge in [-0.2, -0.15) is 5.10 Å². The molecule has 0 bridgehead atoms. The van der Waals surface area contributed by atoms with Crippen LogP contribution in [0.2, 0.25) is 0 Å². The fourth-order valence-corrected chi connectivity index (χ4v) is 2.15. The molecule has 2 aromatic rings. The van der Waals surface area contributed by atoms with Gasteiger partial charge in [-0.1, -0.05) is 30.3 Å². The van der Waals surface area contributed by atoms with Gasteiger partial charge in [0.2, 0.25) is 0 Å². The second kappa shape index (κ2) is 3.51. The molecule has 0 saturated heterocycles. The van der Waals surface area contributed by atoms with E-state index in [4.69, 9.17) is 0 Å². The quantitative estimate of drug-likeness (QED) is 0.837. The van der Waals surface area contributed by atoms with E-state index >= 15 is 0 Å². The van der Waals surface area contributed by atoms with Crippen LogP contribution in [0, 0.1) is 0 Å². The Morgan fingerprint density at radius 3 is 2.47 bits per heavy atom. The zero-order chi connectivity index (χ0) is 10.9. The van der Waals surface area contributed by atoms with Gasteiger partial charge in [0.1, 0.15) is 4.90 Å². The van der Waals surface area contributed by atoms with Gasteiger partial charge >= 0.3 is 0 Å². The average Bonchev–Trinajstić information content (AvgIpc) is 2.67. The highest BCUT2D eigenvalue weighted by Gasteiger charge is 2.16. The molecule has 0 aliphatic heterocycles. The number of benzene rings is 1. The maximum atomic E-state index is 11.4. The Kier molecular flexibility index (Phi) is 2.32. The third kappa shape index (κ3) is 1.92. The lowest BCUT2D eigenvalue weighted by Gasteiger charge is -2.00. The van der Waals surface area contributed by atoms with Gasteiger partial charge in [-0.3, -0.25) is 5.10 Å². The summed E-state index contributed by atoms with van der Waals surface area (Å²) in [5.74, 6) is 0. The Bertz CT molecular complexity index is 558. The molecule has 4 nitrogen and oxygen atoms in total. The van der Waals surface area contributed by atoms with Gasteiger partial charge in [-0.15, -0.1) is 0 Å². The highest BCUT2D eigenvalue weighted by Crippen LogP contribution is 2.23. The predicted octanol–water partition coefficient (Wildman–Crippen LogP) is 1.48. The van der Waals surface area contributed by atoms with Crippen LogP contribution >= 0.6 is 0 Å². The molecule has 1 heterocycles. The summed E-state index contributed by atoms with van der Waals surface area (Å²) in [5.41, 5.74) is 1.36. The molecule has 0 aliphatic rings. The van der Waals surface area contributed by atoms with Crippen LogP contribution in [0.5, 0.6) is 0 Å². The van der Waals surface area contributed by atoms with Crippen LogP contribution in [-0.4, -0.2) is 24.9 Å². The minimum absolute atomic E-state index is 0.230. The number of H-pyrrole nitrogens is 1. The Balaban J connectivity index is 2.61. The number of nitrogens with zero attached hydrogens (tertiary/aromatic N) is 1. The highest BCUT2D eigenvalue weighted by atomic mass is 32.2. The Labute approximate surface area is 87.9 Å². The molecule has 5 heteroatoms. The van der Waals surface area contributed by atoms with Crippen molar-refractivity contribution in [3.63, 3.8) is 0 Å².